The van der Waals surface area contributed by atoms with Crippen LogP contribution in [0.4, 0.5) is 5.95 Å². The Kier molecular flexibility index (Phi) is 4.06. The summed E-state index contributed by atoms with van der Waals surface area (Å²) in [4.78, 5) is 8.15. The predicted octanol–water partition coefficient (Wildman–Crippen LogP) is 0.320. The SMILES string of the molecule is Nc1ncc(-c2cccc(S(=O)(=O)N3CCNCC3)c2)cn1. The van der Waals surface area contributed by atoms with Crippen molar-refractivity contribution in [3.8, 4) is 11.1 Å². The van der Waals surface area contributed by atoms with Gasteiger partial charge in [-0.25, -0.2) is 18.4 Å². The van der Waals surface area contributed by atoms with Crippen molar-refractivity contribution in [1.82, 2.24) is 19.6 Å². The molecule has 0 radical (unpaired) electrons. The van der Waals surface area contributed by atoms with Gasteiger partial charge in [0.15, 0.2) is 0 Å². The van der Waals surface area contributed by atoms with E-state index in [0.29, 0.717) is 26.2 Å². The van der Waals surface area contributed by atoms with Gasteiger partial charge in [0, 0.05) is 44.1 Å². The second kappa shape index (κ2) is 5.99. The molecule has 0 spiro atoms. The van der Waals surface area contributed by atoms with E-state index in [1.54, 1.807) is 30.6 Å². The van der Waals surface area contributed by atoms with Crippen molar-refractivity contribution < 1.29 is 8.42 Å². The number of hydrogen-bond acceptors (Lipinski definition) is 6. The van der Waals surface area contributed by atoms with Crippen LogP contribution in [0.15, 0.2) is 41.6 Å². The van der Waals surface area contributed by atoms with Crippen LogP contribution in [0.2, 0.25) is 0 Å². The molecule has 3 rings (SSSR count). The molecule has 0 bridgehead atoms. The number of sulfonamides is 1. The number of aromatic nitrogens is 2. The Morgan fingerprint density at radius 3 is 2.45 bits per heavy atom. The van der Waals surface area contributed by atoms with Gasteiger partial charge >= 0.3 is 0 Å². The minimum Gasteiger partial charge on any atom is -0.368 e. The minimum absolute atomic E-state index is 0.188. The molecule has 1 aliphatic rings. The standard InChI is InChI=1S/C14H17N5O2S/c15-14-17-9-12(10-18-14)11-2-1-3-13(8-11)22(20,21)19-6-4-16-5-7-19/h1-3,8-10,16H,4-7H2,(H2,15,17,18). The Morgan fingerprint density at radius 1 is 1.09 bits per heavy atom. The van der Waals surface area contributed by atoms with E-state index in [2.05, 4.69) is 15.3 Å². The fraction of sp³-hybridized carbons (Fsp3) is 0.286. The molecular formula is C14H17N5O2S. The molecule has 1 saturated heterocycles. The second-order valence-electron chi connectivity index (χ2n) is 5.01. The number of rotatable bonds is 3. The lowest BCUT2D eigenvalue weighted by atomic mass is 10.1. The fourth-order valence-electron chi connectivity index (χ4n) is 2.36. The van der Waals surface area contributed by atoms with E-state index in [1.165, 1.54) is 4.31 Å². The van der Waals surface area contributed by atoms with Gasteiger partial charge in [0.2, 0.25) is 16.0 Å². The molecule has 7 nitrogen and oxygen atoms in total. The molecule has 1 aromatic heterocycles. The van der Waals surface area contributed by atoms with Crippen molar-refractivity contribution in [1.29, 1.82) is 0 Å². The van der Waals surface area contributed by atoms with Gasteiger partial charge in [-0.15, -0.1) is 0 Å². The molecule has 116 valence electrons. The summed E-state index contributed by atoms with van der Waals surface area (Å²) in [6.45, 7) is 2.31. The van der Waals surface area contributed by atoms with Gasteiger partial charge in [-0.3, -0.25) is 0 Å². The molecule has 1 aliphatic heterocycles. The number of nitrogens with two attached hydrogens (primary N) is 1. The van der Waals surface area contributed by atoms with Crippen LogP contribution in [0.3, 0.4) is 0 Å². The Balaban J connectivity index is 1.95. The van der Waals surface area contributed by atoms with Gasteiger partial charge in [0.25, 0.3) is 0 Å². The van der Waals surface area contributed by atoms with Gasteiger partial charge in [-0.2, -0.15) is 4.31 Å². The minimum atomic E-state index is -3.47. The van der Waals surface area contributed by atoms with E-state index in [0.717, 1.165) is 11.1 Å². The molecule has 0 atom stereocenters. The van der Waals surface area contributed by atoms with Gasteiger partial charge in [-0.1, -0.05) is 12.1 Å². The van der Waals surface area contributed by atoms with Crippen LogP contribution in [-0.2, 0) is 10.0 Å². The maximum atomic E-state index is 12.7. The van der Waals surface area contributed by atoms with E-state index >= 15 is 0 Å². The van der Waals surface area contributed by atoms with Gasteiger partial charge in [0.1, 0.15) is 0 Å². The van der Waals surface area contributed by atoms with Gasteiger partial charge in [0.05, 0.1) is 4.90 Å². The molecular weight excluding hydrogens is 302 g/mol. The van der Waals surface area contributed by atoms with Crippen molar-refractivity contribution in [2.45, 2.75) is 4.90 Å². The molecule has 0 unspecified atom stereocenters. The van der Waals surface area contributed by atoms with Crippen molar-refractivity contribution in [3.05, 3.63) is 36.7 Å². The number of benzene rings is 1. The third kappa shape index (κ3) is 2.94. The Hall–Kier alpha value is -2.03. The summed E-state index contributed by atoms with van der Waals surface area (Å²) in [6, 6.07) is 6.80. The summed E-state index contributed by atoms with van der Waals surface area (Å²) < 4.78 is 26.8. The lowest BCUT2D eigenvalue weighted by molar-refractivity contribution is 0.360. The molecule has 22 heavy (non-hydrogen) atoms. The Bertz CT molecular complexity index is 755. The van der Waals surface area contributed by atoms with Crippen LogP contribution in [-0.4, -0.2) is 48.9 Å². The first-order chi connectivity index (χ1) is 10.6. The normalized spacial score (nSPS) is 16.5. The Labute approximate surface area is 129 Å². The molecule has 2 aromatic rings. The highest BCUT2D eigenvalue weighted by Crippen LogP contribution is 2.23. The van der Waals surface area contributed by atoms with E-state index in [1.807, 2.05) is 6.07 Å². The van der Waals surface area contributed by atoms with Gasteiger partial charge in [-0.05, 0) is 17.7 Å². The molecule has 1 aromatic carbocycles. The summed E-state index contributed by atoms with van der Waals surface area (Å²) in [6.07, 6.45) is 3.16. The predicted molar refractivity (Wildman–Crippen MR) is 83.5 cm³/mol. The largest absolute Gasteiger partial charge is 0.368 e. The van der Waals surface area contributed by atoms with Crippen molar-refractivity contribution in [2.24, 2.45) is 0 Å². The smallest absolute Gasteiger partial charge is 0.243 e. The maximum Gasteiger partial charge on any atom is 0.243 e. The molecule has 0 saturated carbocycles. The number of nitrogens with zero attached hydrogens (tertiary/aromatic N) is 3. The third-order valence-corrected chi connectivity index (χ3v) is 5.45. The van der Waals surface area contributed by atoms with Crippen LogP contribution in [0.1, 0.15) is 0 Å². The van der Waals surface area contributed by atoms with E-state index < -0.39 is 10.0 Å². The summed E-state index contributed by atoms with van der Waals surface area (Å²) >= 11 is 0. The molecule has 0 amide bonds. The third-order valence-electron chi connectivity index (χ3n) is 3.55. The lowest BCUT2D eigenvalue weighted by Crippen LogP contribution is -2.46. The van der Waals surface area contributed by atoms with Crippen LogP contribution >= 0.6 is 0 Å². The average molecular weight is 319 g/mol. The maximum absolute atomic E-state index is 12.7. The highest BCUT2D eigenvalue weighted by molar-refractivity contribution is 7.89. The fourth-order valence-corrected chi connectivity index (χ4v) is 3.84. The number of anilines is 1. The highest BCUT2D eigenvalue weighted by Gasteiger charge is 2.25. The quantitative estimate of drug-likeness (QED) is 0.845. The van der Waals surface area contributed by atoms with Crippen LogP contribution in [0.25, 0.3) is 11.1 Å². The zero-order valence-electron chi connectivity index (χ0n) is 11.9. The van der Waals surface area contributed by atoms with Crippen LogP contribution in [0.5, 0.6) is 0 Å². The van der Waals surface area contributed by atoms with E-state index in [9.17, 15) is 8.42 Å². The van der Waals surface area contributed by atoms with Crippen LogP contribution in [0, 0.1) is 0 Å². The molecule has 0 aliphatic carbocycles. The zero-order chi connectivity index (χ0) is 15.6. The van der Waals surface area contributed by atoms with E-state index in [4.69, 9.17) is 5.73 Å². The van der Waals surface area contributed by atoms with Crippen molar-refractivity contribution >= 4 is 16.0 Å². The summed E-state index contributed by atoms with van der Waals surface area (Å²) in [7, 11) is -3.47. The van der Waals surface area contributed by atoms with Crippen molar-refractivity contribution in [3.63, 3.8) is 0 Å². The molecule has 2 heterocycles. The number of piperazine rings is 1. The molecule has 8 heteroatoms. The summed E-state index contributed by atoms with van der Waals surface area (Å²) in [5.74, 6) is 0.188. The number of hydrogen-bond donors (Lipinski definition) is 2. The first kappa shape index (κ1) is 14.9. The monoisotopic (exact) mass is 319 g/mol. The average Bonchev–Trinajstić information content (AvgIpc) is 2.56. The Morgan fingerprint density at radius 2 is 1.77 bits per heavy atom. The lowest BCUT2D eigenvalue weighted by Gasteiger charge is -2.26. The molecule has 3 N–H and O–H groups in total. The number of nitrogen functional groups attached to an aromatic ring is 1. The summed E-state index contributed by atoms with van der Waals surface area (Å²) in [5.41, 5.74) is 6.95. The van der Waals surface area contributed by atoms with Crippen molar-refractivity contribution in [2.75, 3.05) is 31.9 Å². The topological polar surface area (TPSA) is 101 Å². The first-order valence-corrected chi connectivity index (χ1v) is 8.40. The van der Waals surface area contributed by atoms with Gasteiger partial charge < -0.3 is 11.1 Å². The van der Waals surface area contributed by atoms with E-state index in [-0.39, 0.29) is 10.8 Å². The van der Waals surface area contributed by atoms with Crippen LogP contribution < -0.4 is 11.1 Å². The molecule has 1 fully saturated rings. The zero-order valence-corrected chi connectivity index (χ0v) is 12.8. The second-order valence-corrected chi connectivity index (χ2v) is 6.95. The number of nitrogens with one attached hydrogen (secondary N) is 1. The summed E-state index contributed by atoms with van der Waals surface area (Å²) in [5, 5.41) is 3.15. The first-order valence-electron chi connectivity index (χ1n) is 6.96. The highest BCUT2D eigenvalue weighted by atomic mass is 32.2.